The number of aromatic nitrogens is 2. The lowest BCUT2D eigenvalue weighted by Gasteiger charge is -2.11. The van der Waals surface area contributed by atoms with Crippen LogP contribution in [0.25, 0.3) is 0 Å². The number of sulfonamides is 1. The maximum atomic E-state index is 12.1. The number of hydrogen-bond acceptors (Lipinski definition) is 4. The monoisotopic (exact) mass is 334 g/mol. The summed E-state index contributed by atoms with van der Waals surface area (Å²) in [6.45, 7) is 2.48. The number of carbonyl (C=O) groups excluding carboxylic acids is 1. The van der Waals surface area contributed by atoms with E-state index in [-0.39, 0.29) is 25.4 Å². The fourth-order valence-electron chi connectivity index (χ4n) is 2.52. The fraction of sp³-hybridized carbons (Fsp3) is 0.333. The topological polar surface area (TPSA) is 95.2 Å². The molecule has 2 aromatic rings. The summed E-state index contributed by atoms with van der Waals surface area (Å²) in [7, 11) is -3.27. The van der Waals surface area contributed by atoms with E-state index in [9.17, 15) is 13.2 Å². The van der Waals surface area contributed by atoms with E-state index in [1.54, 1.807) is 0 Å². The molecule has 1 aromatic carbocycles. The van der Waals surface area contributed by atoms with Crippen molar-refractivity contribution < 1.29 is 13.2 Å². The number of benzene rings is 1. The van der Waals surface area contributed by atoms with Crippen LogP contribution in [-0.4, -0.2) is 35.1 Å². The SMILES string of the molecule is Cc1ccc(CC(=O)Nc2n[nH]c3c2CN(S(C)(=O)=O)C3)cc1. The van der Waals surface area contributed by atoms with Gasteiger partial charge in [-0.25, -0.2) is 8.42 Å². The van der Waals surface area contributed by atoms with Gasteiger partial charge in [0.2, 0.25) is 15.9 Å². The Morgan fingerprint density at radius 1 is 1.30 bits per heavy atom. The van der Waals surface area contributed by atoms with Crippen LogP contribution >= 0.6 is 0 Å². The molecule has 7 nitrogen and oxygen atoms in total. The number of nitrogens with zero attached hydrogens (tertiary/aromatic N) is 2. The Morgan fingerprint density at radius 3 is 2.65 bits per heavy atom. The van der Waals surface area contributed by atoms with Crippen molar-refractivity contribution in [3.05, 3.63) is 46.6 Å². The van der Waals surface area contributed by atoms with Crippen LogP contribution in [0, 0.1) is 6.92 Å². The van der Waals surface area contributed by atoms with Crippen LogP contribution in [-0.2, 0) is 34.3 Å². The summed E-state index contributed by atoms with van der Waals surface area (Å²) in [5.74, 6) is 0.226. The summed E-state index contributed by atoms with van der Waals surface area (Å²) in [6.07, 6.45) is 1.42. The highest BCUT2D eigenvalue weighted by Gasteiger charge is 2.30. The standard InChI is InChI=1S/C15H18N4O3S/c1-10-3-5-11(6-4-10)7-14(20)16-15-12-8-19(23(2,21)22)9-13(12)17-18-15/h3-6H,7-9H2,1-2H3,(H2,16,17,18,20). The summed E-state index contributed by atoms with van der Waals surface area (Å²) in [5, 5.41) is 9.62. The van der Waals surface area contributed by atoms with Crippen molar-refractivity contribution in [3.8, 4) is 0 Å². The first-order chi connectivity index (χ1) is 10.8. The van der Waals surface area contributed by atoms with Gasteiger partial charge in [0, 0.05) is 12.1 Å². The number of fused-ring (bicyclic) bond motifs is 1. The maximum Gasteiger partial charge on any atom is 0.230 e. The summed E-state index contributed by atoms with van der Waals surface area (Å²) in [6, 6.07) is 7.74. The smallest absolute Gasteiger partial charge is 0.230 e. The van der Waals surface area contributed by atoms with Gasteiger partial charge in [-0.05, 0) is 12.5 Å². The van der Waals surface area contributed by atoms with E-state index in [1.807, 2.05) is 31.2 Å². The number of aryl methyl sites for hydroxylation is 1. The third kappa shape index (κ3) is 3.43. The van der Waals surface area contributed by atoms with Crippen LogP contribution in [0.3, 0.4) is 0 Å². The predicted octanol–water partition coefficient (Wildman–Crippen LogP) is 1.17. The van der Waals surface area contributed by atoms with Crippen LogP contribution in [0.4, 0.5) is 5.82 Å². The molecule has 122 valence electrons. The molecule has 0 radical (unpaired) electrons. The molecule has 0 saturated heterocycles. The highest BCUT2D eigenvalue weighted by atomic mass is 32.2. The summed E-state index contributed by atoms with van der Waals surface area (Å²) < 4.78 is 24.6. The van der Waals surface area contributed by atoms with E-state index in [4.69, 9.17) is 0 Å². The second-order valence-electron chi connectivity index (χ2n) is 5.77. The van der Waals surface area contributed by atoms with Gasteiger partial charge in [0.1, 0.15) is 0 Å². The average Bonchev–Trinajstić information content (AvgIpc) is 3.03. The number of H-pyrrole nitrogens is 1. The highest BCUT2D eigenvalue weighted by Crippen LogP contribution is 2.28. The number of nitrogens with one attached hydrogen (secondary N) is 2. The van der Waals surface area contributed by atoms with Gasteiger partial charge in [-0.1, -0.05) is 29.8 Å². The van der Waals surface area contributed by atoms with E-state index in [0.717, 1.165) is 22.4 Å². The Labute approximate surface area is 134 Å². The third-order valence-electron chi connectivity index (χ3n) is 3.83. The van der Waals surface area contributed by atoms with E-state index in [0.29, 0.717) is 5.82 Å². The van der Waals surface area contributed by atoms with Gasteiger partial charge in [-0.3, -0.25) is 9.89 Å². The highest BCUT2D eigenvalue weighted by molar-refractivity contribution is 7.88. The number of rotatable bonds is 4. The predicted molar refractivity (Wildman–Crippen MR) is 86.2 cm³/mol. The second kappa shape index (κ2) is 5.78. The number of carbonyl (C=O) groups is 1. The molecule has 8 heteroatoms. The normalized spacial score (nSPS) is 14.7. The van der Waals surface area contributed by atoms with Crippen molar-refractivity contribution in [2.45, 2.75) is 26.4 Å². The van der Waals surface area contributed by atoms with Gasteiger partial charge in [-0.2, -0.15) is 9.40 Å². The van der Waals surface area contributed by atoms with E-state index in [1.165, 1.54) is 10.6 Å². The molecule has 2 N–H and O–H groups in total. The average molecular weight is 334 g/mol. The Bertz CT molecular complexity index is 840. The molecule has 0 spiro atoms. The van der Waals surface area contributed by atoms with Crippen LogP contribution < -0.4 is 5.32 Å². The Kier molecular flexibility index (Phi) is 3.95. The first-order valence-electron chi connectivity index (χ1n) is 7.19. The number of hydrogen-bond donors (Lipinski definition) is 2. The van der Waals surface area contributed by atoms with Gasteiger partial charge in [-0.15, -0.1) is 0 Å². The molecule has 1 amide bonds. The van der Waals surface area contributed by atoms with E-state index >= 15 is 0 Å². The van der Waals surface area contributed by atoms with Crippen LogP contribution in [0.2, 0.25) is 0 Å². The van der Waals surface area contributed by atoms with Gasteiger partial charge in [0.25, 0.3) is 0 Å². The molecule has 3 rings (SSSR count). The maximum absolute atomic E-state index is 12.1. The largest absolute Gasteiger partial charge is 0.309 e. The first kappa shape index (κ1) is 15.7. The molecular formula is C15H18N4O3S. The lowest BCUT2D eigenvalue weighted by Crippen LogP contribution is -2.24. The molecule has 0 saturated carbocycles. The van der Waals surface area contributed by atoms with Crippen molar-refractivity contribution in [3.63, 3.8) is 0 Å². The molecule has 0 unspecified atom stereocenters. The Balaban J connectivity index is 1.68. The summed E-state index contributed by atoms with van der Waals surface area (Å²) in [5.41, 5.74) is 3.51. The van der Waals surface area contributed by atoms with Crippen molar-refractivity contribution in [1.82, 2.24) is 14.5 Å². The Morgan fingerprint density at radius 2 is 2.00 bits per heavy atom. The molecule has 0 bridgehead atoms. The molecule has 23 heavy (non-hydrogen) atoms. The van der Waals surface area contributed by atoms with Crippen molar-refractivity contribution >= 4 is 21.7 Å². The van der Waals surface area contributed by atoms with Crippen LogP contribution in [0.1, 0.15) is 22.4 Å². The molecular weight excluding hydrogens is 316 g/mol. The minimum atomic E-state index is -3.27. The molecule has 1 aliphatic rings. The zero-order valence-corrected chi connectivity index (χ0v) is 13.8. The van der Waals surface area contributed by atoms with Crippen LogP contribution in [0.5, 0.6) is 0 Å². The van der Waals surface area contributed by atoms with Gasteiger partial charge >= 0.3 is 0 Å². The molecule has 1 aromatic heterocycles. The minimum Gasteiger partial charge on any atom is -0.309 e. The van der Waals surface area contributed by atoms with Gasteiger partial charge in [0.05, 0.1) is 24.9 Å². The van der Waals surface area contributed by atoms with Crippen molar-refractivity contribution in [2.24, 2.45) is 0 Å². The van der Waals surface area contributed by atoms with E-state index in [2.05, 4.69) is 15.5 Å². The lowest BCUT2D eigenvalue weighted by atomic mass is 10.1. The quantitative estimate of drug-likeness (QED) is 0.877. The summed E-state index contributed by atoms with van der Waals surface area (Å²) >= 11 is 0. The van der Waals surface area contributed by atoms with Crippen molar-refractivity contribution in [1.29, 1.82) is 0 Å². The minimum absolute atomic E-state index is 0.180. The first-order valence-corrected chi connectivity index (χ1v) is 9.04. The molecule has 0 fully saturated rings. The second-order valence-corrected chi connectivity index (χ2v) is 7.75. The van der Waals surface area contributed by atoms with E-state index < -0.39 is 10.0 Å². The number of anilines is 1. The zero-order chi connectivity index (χ0) is 16.6. The molecule has 0 aliphatic carbocycles. The Hall–Kier alpha value is -2.19. The fourth-order valence-corrected chi connectivity index (χ4v) is 3.24. The zero-order valence-electron chi connectivity index (χ0n) is 13.0. The molecule has 1 aliphatic heterocycles. The number of amides is 1. The number of aromatic amines is 1. The summed E-state index contributed by atoms with van der Waals surface area (Å²) in [4.78, 5) is 12.1. The van der Waals surface area contributed by atoms with Gasteiger partial charge in [0.15, 0.2) is 5.82 Å². The van der Waals surface area contributed by atoms with Gasteiger partial charge < -0.3 is 5.32 Å². The van der Waals surface area contributed by atoms with Crippen LogP contribution in [0.15, 0.2) is 24.3 Å². The molecule has 2 heterocycles. The third-order valence-corrected chi connectivity index (χ3v) is 5.03. The van der Waals surface area contributed by atoms with Crippen molar-refractivity contribution in [2.75, 3.05) is 11.6 Å². The lowest BCUT2D eigenvalue weighted by molar-refractivity contribution is -0.115. The molecule has 0 atom stereocenters.